The standard InChI is InChI=1S/C15H19Br2NO/c1-10-7-8-12(16)11(9-10)15(19)18(2)14-6-4-3-5-13(14)17/h7-9,13-14H,3-6H2,1-2H3. The molecule has 1 aromatic carbocycles. The van der Waals surface area contributed by atoms with Gasteiger partial charge in [-0.05, 0) is 47.8 Å². The van der Waals surface area contributed by atoms with Crippen LogP contribution in [0, 0.1) is 6.92 Å². The van der Waals surface area contributed by atoms with Crippen molar-refractivity contribution in [1.82, 2.24) is 4.90 Å². The SMILES string of the molecule is Cc1ccc(Br)c(C(=O)N(C)C2CCCCC2Br)c1. The highest BCUT2D eigenvalue weighted by Crippen LogP contribution is 2.29. The van der Waals surface area contributed by atoms with Gasteiger partial charge in [0.1, 0.15) is 0 Å². The van der Waals surface area contributed by atoms with Crippen LogP contribution in [0.1, 0.15) is 41.6 Å². The summed E-state index contributed by atoms with van der Waals surface area (Å²) in [6.45, 7) is 2.01. The van der Waals surface area contributed by atoms with Crippen molar-refractivity contribution in [2.45, 2.75) is 43.5 Å². The molecule has 104 valence electrons. The summed E-state index contributed by atoms with van der Waals surface area (Å²) in [6, 6.07) is 6.21. The number of alkyl halides is 1. The molecule has 4 heteroatoms. The van der Waals surface area contributed by atoms with Gasteiger partial charge in [0, 0.05) is 22.4 Å². The molecule has 0 heterocycles. The van der Waals surface area contributed by atoms with Gasteiger partial charge in [0.2, 0.25) is 0 Å². The molecule has 1 aromatic rings. The summed E-state index contributed by atoms with van der Waals surface area (Å²) in [7, 11) is 1.92. The van der Waals surface area contributed by atoms with E-state index >= 15 is 0 Å². The van der Waals surface area contributed by atoms with E-state index in [1.807, 2.05) is 37.1 Å². The van der Waals surface area contributed by atoms with Crippen LogP contribution in [0.3, 0.4) is 0 Å². The van der Waals surface area contributed by atoms with Crippen molar-refractivity contribution in [3.63, 3.8) is 0 Å². The minimum Gasteiger partial charge on any atom is -0.338 e. The highest BCUT2D eigenvalue weighted by atomic mass is 79.9. The van der Waals surface area contributed by atoms with Crippen LogP contribution in [0.4, 0.5) is 0 Å². The van der Waals surface area contributed by atoms with Crippen LogP contribution in [0.15, 0.2) is 22.7 Å². The number of aryl methyl sites for hydroxylation is 1. The van der Waals surface area contributed by atoms with Gasteiger partial charge in [-0.15, -0.1) is 0 Å². The van der Waals surface area contributed by atoms with E-state index in [1.165, 1.54) is 12.8 Å². The number of carbonyl (C=O) groups is 1. The number of halogens is 2. The number of rotatable bonds is 2. The molecule has 0 spiro atoms. The molecule has 1 saturated carbocycles. The van der Waals surface area contributed by atoms with E-state index in [1.54, 1.807) is 0 Å². The van der Waals surface area contributed by atoms with Crippen LogP contribution < -0.4 is 0 Å². The van der Waals surface area contributed by atoms with Crippen molar-refractivity contribution in [1.29, 1.82) is 0 Å². The first-order valence-corrected chi connectivity index (χ1v) is 8.39. The lowest BCUT2D eigenvalue weighted by Crippen LogP contribution is -2.44. The lowest BCUT2D eigenvalue weighted by molar-refractivity contribution is 0.0703. The van der Waals surface area contributed by atoms with E-state index < -0.39 is 0 Å². The van der Waals surface area contributed by atoms with Crippen molar-refractivity contribution < 1.29 is 4.79 Å². The molecule has 1 amide bonds. The van der Waals surface area contributed by atoms with Crippen molar-refractivity contribution in [3.05, 3.63) is 33.8 Å². The Morgan fingerprint density at radius 2 is 2.00 bits per heavy atom. The van der Waals surface area contributed by atoms with Crippen molar-refractivity contribution in [2.24, 2.45) is 0 Å². The molecule has 0 bridgehead atoms. The smallest absolute Gasteiger partial charge is 0.255 e. The Labute approximate surface area is 131 Å². The number of hydrogen-bond acceptors (Lipinski definition) is 1. The Hall–Kier alpha value is -0.350. The van der Waals surface area contributed by atoms with Crippen LogP contribution in [0.2, 0.25) is 0 Å². The second-order valence-electron chi connectivity index (χ2n) is 5.27. The minimum absolute atomic E-state index is 0.104. The number of amides is 1. The van der Waals surface area contributed by atoms with Crippen LogP contribution >= 0.6 is 31.9 Å². The maximum absolute atomic E-state index is 12.6. The molecule has 2 atom stereocenters. The Bertz CT molecular complexity index is 475. The predicted molar refractivity (Wildman–Crippen MR) is 85.9 cm³/mol. The molecule has 1 aliphatic rings. The van der Waals surface area contributed by atoms with Gasteiger partial charge in [-0.1, -0.05) is 40.4 Å². The highest BCUT2D eigenvalue weighted by Gasteiger charge is 2.30. The third kappa shape index (κ3) is 3.40. The monoisotopic (exact) mass is 387 g/mol. The summed E-state index contributed by atoms with van der Waals surface area (Å²) in [6.07, 6.45) is 4.70. The number of nitrogens with zero attached hydrogens (tertiary/aromatic N) is 1. The van der Waals surface area contributed by atoms with E-state index in [-0.39, 0.29) is 5.91 Å². The highest BCUT2D eigenvalue weighted by molar-refractivity contribution is 9.10. The van der Waals surface area contributed by atoms with Crippen molar-refractivity contribution in [2.75, 3.05) is 7.05 Å². The van der Waals surface area contributed by atoms with Gasteiger partial charge < -0.3 is 4.90 Å². The zero-order chi connectivity index (χ0) is 14.0. The molecule has 1 aliphatic carbocycles. The summed E-state index contributed by atoms with van der Waals surface area (Å²) >= 11 is 7.20. The first kappa shape index (κ1) is 15.0. The summed E-state index contributed by atoms with van der Waals surface area (Å²) in [4.78, 5) is 15.0. The molecule has 19 heavy (non-hydrogen) atoms. The third-order valence-corrected chi connectivity index (χ3v) is 5.58. The van der Waals surface area contributed by atoms with Crippen molar-refractivity contribution >= 4 is 37.8 Å². The average Bonchev–Trinajstić information content (AvgIpc) is 2.40. The zero-order valence-electron chi connectivity index (χ0n) is 11.3. The fourth-order valence-corrected chi connectivity index (χ4v) is 4.00. The fraction of sp³-hybridized carbons (Fsp3) is 0.533. The van der Waals surface area contributed by atoms with Gasteiger partial charge in [-0.25, -0.2) is 0 Å². The quantitative estimate of drug-likeness (QED) is 0.681. The molecule has 1 fully saturated rings. The molecule has 2 unspecified atom stereocenters. The molecule has 0 aliphatic heterocycles. The van der Waals surface area contributed by atoms with E-state index in [0.29, 0.717) is 10.9 Å². The minimum atomic E-state index is 0.104. The van der Waals surface area contributed by atoms with Crippen LogP contribution in [-0.2, 0) is 0 Å². The summed E-state index contributed by atoms with van der Waals surface area (Å²) in [5, 5.41) is 0. The van der Waals surface area contributed by atoms with Gasteiger partial charge in [0.25, 0.3) is 5.91 Å². The maximum atomic E-state index is 12.6. The Morgan fingerprint density at radius 1 is 1.32 bits per heavy atom. The molecule has 2 nitrogen and oxygen atoms in total. The van der Waals surface area contributed by atoms with E-state index in [9.17, 15) is 4.79 Å². The lowest BCUT2D eigenvalue weighted by atomic mass is 9.94. The van der Waals surface area contributed by atoms with Gasteiger partial charge in [-0.2, -0.15) is 0 Å². The van der Waals surface area contributed by atoms with E-state index in [2.05, 4.69) is 31.9 Å². The first-order valence-electron chi connectivity index (χ1n) is 6.68. The van der Waals surface area contributed by atoms with Gasteiger partial charge >= 0.3 is 0 Å². The Balaban J connectivity index is 2.20. The first-order chi connectivity index (χ1) is 9.00. The van der Waals surface area contributed by atoms with Gasteiger partial charge in [0.15, 0.2) is 0 Å². The summed E-state index contributed by atoms with van der Waals surface area (Å²) in [5.74, 6) is 0.104. The van der Waals surface area contributed by atoms with Crippen LogP contribution in [0.5, 0.6) is 0 Å². The Kier molecular flexibility index (Phi) is 5.07. The third-order valence-electron chi connectivity index (χ3n) is 3.82. The second kappa shape index (κ2) is 6.40. The van der Waals surface area contributed by atoms with E-state index in [0.717, 1.165) is 28.4 Å². The molecule has 0 N–H and O–H groups in total. The van der Waals surface area contributed by atoms with Crippen molar-refractivity contribution in [3.8, 4) is 0 Å². The molecular formula is C15H19Br2NO. The second-order valence-corrected chi connectivity index (χ2v) is 7.30. The van der Waals surface area contributed by atoms with Gasteiger partial charge in [-0.3, -0.25) is 4.79 Å². The largest absolute Gasteiger partial charge is 0.338 e. The fourth-order valence-electron chi connectivity index (χ4n) is 2.65. The lowest BCUT2D eigenvalue weighted by Gasteiger charge is -2.35. The number of carbonyl (C=O) groups excluding carboxylic acids is 1. The normalized spacial score (nSPS) is 23.2. The molecule has 0 saturated heterocycles. The molecule has 2 rings (SSSR count). The summed E-state index contributed by atoms with van der Waals surface area (Å²) in [5.41, 5.74) is 1.87. The zero-order valence-corrected chi connectivity index (χ0v) is 14.5. The van der Waals surface area contributed by atoms with Gasteiger partial charge in [0.05, 0.1) is 5.56 Å². The number of hydrogen-bond donors (Lipinski definition) is 0. The van der Waals surface area contributed by atoms with E-state index in [4.69, 9.17) is 0 Å². The molecule has 0 radical (unpaired) electrons. The molecular weight excluding hydrogens is 370 g/mol. The van der Waals surface area contributed by atoms with Crippen LogP contribution in [0.25, 0.3) is 0 Å². The average molecular weight is 389 g/mol. The topological polar surface area (TPSA) is 20.3 Å². The van der Waals surface area contributed by atoms with Crippen LogP contribution in [-0.4, -0.2) is 28.7 Å². The molecule has 0 aromatic heterocycles. The summed E-state index contributed by atoms with van der Waals surface area (Å²) < 4.78 is 0.872. The Morgan fingerprint density at radius 3 is 2.68 bits per heavy atom. The number of benzene rings is 1. The maximum Gasteiger partial charge on any atom is 0.255 e. The predicted octanol–water partition coefficient (Wildman–Crippen LogP) is 4.54.